The standard InChI is InChI=1S/C22H23N3O4/c1-14-4-2-6-17(18(14)24-19(26)15-7-10-23-11-8-15)20(27)25-12-16-5-3-9-22(16,13-25)21(28)29/h2,4,6-8,10-11,16H,3,5,9,12-13H2,1H3,(H,24,26)(H,28,29)/t16-,22+/m0/s1. The Hall–Kier alpha value is -3.22. The molecule has 2 amide bonds. The van der Waals surface area contributed by atoms with Crippen LogP contribution < -0.4 is 5.32 Å². The lowest BCUT2D eigenvalue weighted by molar-refractivity contribution is -0.149. The summed E-state index contributed by atoms with van der Waals surface area (Å²) >= 11 is 0. The van der Waals surface area contributed by atoms with Gasteiger partial charge in [0.2, 0.25) is 0 Å². The Morgan fingerprint density at radius 1 is 1.21 bits per heavy atom. The molecular formula is C22H23N3O4. The van der Waals surface area contributed by atoms with E-state index >= 15 is 0 Å². The van der Waals surface area contributed by atoms with Crippen LogP contribution in [0.3, 0.4) is 0 Å². The molecule has 4 rings (SSSR count). The van der Waals surface area contributed by atoms with Gasteiger partial charge in [0.15, 0.2) is 0 Å². The number of amides is 2. The highest BCUT2D eigenvalue weighted by atomic mass is 16.4. The molecule has 1 saturated carbocycles. The molecule has 0 bridgehead atoms. The number of nitrogens with one attached hydrogen (secondary N) is 1. The summed E-state index contributed by atoms with van der Waals surface area (Å²) in [5.74, 6) is -1.39. The molecule has 2 N–H and O–H groups in total. The van der Waals surface area contributed by atoms with Crippen LogP contribution in [-0.4, -0.2) is 45.9 Å². The molecule has 1 aliphatic carbocycles. The third-order valence-electron chi connectivity index (χ3n) is 6.27. The third-order valence-corrected chi connectivity index (χ3v) is 6.27. The first-order valence-electron chi connectivity index (χ1n) is 9.76. The minimum atomic E-state index is -0.833. The Bertz CT molecular complexity index is 975. The van der Waals surface area contributed by atoms with Crippen LogP contribution in [-0.2, 0) is 4.79 Å². The van der Waals surface area contributed by atoms with E-state index in [1.165, 1.54) is 12.4 Å². The number of fused-ring (bicyclic) bond motifs is 1. The first kappa shape index (κ1) is 19.1. The quantitative estimate of drug-likeness (QED) is 0.832. The summed E-state index contributed by atoms with van der Waals surface area (Å²) in [6.07, 6.45) is 5.39. The number of para-hydroxylation sites is 1. The van der Waals surface area contributed by atoms with Crippen molar-refractivity contribution in [2.45, 2.75) is 26.2 Å². The Kier molecular flexibility index (Phi) is 4.82. The summed E-state index contributed by atoms with van der Waals surface area (Å²) in [5, 5.41) is 12.6. The SMILES string of the molecule is Cc1cccc(C(=O)N2C[C@@H]3CCC[C@@]3(C(=O)O)C2)c1NC(=O)c1ccncc1. The van der Waals surface area contributed by atoms with Crippen molar-refractivity contribution in [2.24, 2.45) is 11.3 Å². The van der Waals surface area contributed by atoms with Gasteiger partial charge in [0.25, 0.3) is 11.8 Å². The van der Waals surface area contributed by atoms with Gasteiger partial charge in [-0.05, 0) is 49.4 Å². The smallest absolute Gasteiger partial charge is 0.311 e. The molecule has 1 aromatic carbocycles. The molecule has 2 aliphatic rings. The molecule has 2 atom stereocenters. The molecular weight excluding hydrogens is 370 g/mol. The lowest BCUT2D eigenvalue weighted by atomic mass is 9.81. The van der Waals surface area contributed by atoms with Gasteiger partial charge >= 0.3 is 5.97 Å². The zero-order chi connectivity index (χ0) is 20.6. The van der Waals surface area contributed by atoms with Gasteiger partial charge in [-0.25, -0.2) is 0 Å². The molecule has 29 heavy (non-hydrogen) atoms. The van der Waals surface area contributed by atoms with Crippen LogP contribution >= 0.6 is 0 Å². The summed E-state index contributed by atoms with van der Waals surface area (Å²) in [5.41, 5.74) is 1.22. The molecule has 7 heteroatoms. The number of carbonyl (C=O) groups is 3. The fraction of sp³-hybridized carbons (Fsp3) is 0.364. The number of benzene rings is 1. The highest BCUT2D eigenvalue weighted by molar-refractivity contribution is 6.09. The van der Waals surface area contributed by atoms with E-state index in [0.29, 0.717) is 29.8 Å². The predicted molar refractivity (Wildman–Crippen MR) is 107 cm³/mol. The molecule has 1 saturated heterocycles. The van der Waals surface area contributed by atoms with E-state index in [2.05, 4.69) is 10.3 Å². The number of pyridine rings is 1. The number of carboxylic acids is 1. The number of hydrogen-bond donors (Lipinski definition) is 2. The Morgan fingerprint density at radius 3 is 2.66 bits per heavy atom. The van der Waals surface area contributed by atoms with Crippen LogP contribution in [0.15, 0.2) is 42.7 Å². The van der Waals surface area contributed by atoms with E-state index in [4.69, 9.17) is 0 Å². The summed E-state index contributed by atoms with van der Waals surface area (Å²) in [6, 6.07) is 8.49. The van der Waals surface area contributed by atoms with Gasteiger partial charge in [-0.3, -0.25) is 19.4 Å². The van der Waals surface area contributed by atoms with Gasteiger partial charge in [-0.15, -0.1) is 0 Å². The highest BCUT2D eigenvalue weighted by Gasteiger charge is 2.55. The van der Waals surface area contributed by atoms with Crippen molar-refractivity contribution in [1.82, 2.24) is 9.88 Å². The number of hydrogen-bond acceptors (Lipinski definition) is 4. The second-order valence-corrected chi connectivity index (χ2v) is 7.92. The monoisotopic (exact) mass is 393 g/mol. The zero-order valence-electron chi connectivity index (χ0n) is 16.2. The minimum absolute atomic E-state index is 0.0105. The average molecular weight is 393 g/mol. The fourth-order valence-corrected chi connectivity index (χ4v) is 4.66. The number of aromatic nitrogens is 1. The van der Waals surface area contributed by atoms with E-state index in [1.807, 2.05) is 13.0 Å². The number of carboxylic acid groups (broad SMARTS) is 1. The number of nitrogens with zero attached hydrogens (tertiary/aromatic N) is 2. The molecule has 1 aliphatic heterocycles. The molecule has 2 aromatic rings. The van der Waals surface area contributed by atoms with Crippen LogP contribution in [0.1, 0.15) is 45.5 Å². The number of aryl methyl sites for hydroxylation is 1. The molecule has 0 unspecified atom stereocenters. The summed E-state index contributed by atoms with van der Waals surface area (Å²) in [7, 11) is 0. The first-order valence-corrected chi connectivity index (χ1v) is 9.76. The zero-order valence-corrected chi connectivity index (χ0v) is 16.2. The fourth-order valence-electron chi connectivity index (χ4n) is 4.66. The van der Waals surface area contributed by atoms with E-state index in [-0.39, 0.29) is 24.3 Å². The van der Waals surface area contributed by atoms with E-state index < -0.39 is 11.4 Å². The van der Waals surface area contributed by atoms with Gasteiger partial charge < -0.3 is 15.3 Å². The van der Waals surface area contributed by atoms with Crippen molar-refractivity contribution in [1.29, 1.82) is 0 Å². The van der Waals surface area contributed by atoms with Gasteiger partial charge in [0, 0.05) is 31.0 Å². The maximum Gasteiger partial charge on any atom is 0.311 e. The Labute approximate surface area is 168 Å². The maximum atomic E-state index is 13.3. The van der Waals surface area contributed by atoms with E-state index in [9.17, 15) is 19.5 Å². The molecule has 150 valence electrons. The third kappa shape index (κ3) is 3.26. The van der Waals surface area contributed by atoms with Crippen molar-refractivity contribution in [3.63, 3.8) is 0 Å². The lowest BCUT2D eigenvalue weighted by Crippen LogP contribution is -2.37. The van der Waals surface area contributed by atoms with Crippen molar-refractivity contribution in [3.05, 3.63) is 59.4 Å². The molecule has 2 fully saturated rings. The van der Waals surface area contributed by atoms with Crippen LogP contribution in [0.5, 0.6) is 0 Å². The normalized spacial score (nSPS) is 22.9. The van der Waals surface area contributed by atoms with Crippen molar-refractivity contribution in [3.8, 4) is 0 Å². The number of likely N-dealkylation sites (tertiary alicyclic amines) is 1. The summed E-state index contributed by atoms with van der Waals surface area (Å²) in [4.78, 5) is 43.4. The van der Waals surface area contributed by atoms with Crippen LogP contribution in [0.2, 0.25) is 0 Å². The molecule has 1 aromatic heterocycles. The highest BCUT2D eigenvalue weighted by Crippen LogP contribution is 2.49. The van der Waals surface area contributed by atoms with Crippen molar-refractivity contribution < 1.29 is 19.5 Å². The minimum Gasteiger partial charge on any atom is -0.481 e. The number of rotatable bonds is 4. The molecule has 0 spiro atoms. The first-order chi connectivity index (χ1) is 13.9. The second-order valence-electron chi connectivity index (χ2n) is 7.92. The second kappa shape index (κ2) is 7.31. The van der Waals surface area contributed by atoms with Gasteiger partial charge in [0.05, 0.1) is 16.7 Å². The molecule has 0 radical (unpaired) electrons. The van der Waals surface area contributed by atoms with Crippen LogP contribution in [0.4, 0.5) is 5.69 Å². The van der Waals surface area contributed by atoms with E-state index in [0.717, 1.165) is 18.4 Å². The topological polar surface area (TPSA) is 99.6 Å². The van der Waals surface area contributed by atoms with Crippen molar-refractivity contribution in [2.75, 3.05) is 18.4 Å². The Morgan fingerprint density at radius 2 is 1.97 bits per heavy atom. The van der Waals surface area contributed by atoms with Gasteiger partial charge in [-0.2, -0.15) is 0 Å². The van der Waals surface area contributed by atoms with E-state index in [1.54, 1.807) is 29.2 Å². The predicted octanol–water partition coefficient (Wildman–Crippen LogP) is 2.97. The average Bonchev–Trinajstić information content (AvgIpc) is 3.28. The lowest BCUT2D eigenvalue weighted by Gasteiger charge is -2.24. The van der Waals surface area contributed by atoms with Gasteiger partial charge in [0.1, 0.15) is 0 Å². The van der Waals surface area contributed by atoms with Crippen molar-refractivity contribution >= 4 is 23.5 Å². The number of anilines is 1. The number of carbonyl (C=O) groups excluding carboxylic acids is 2. The van der Waals surface area contributed by atoms with Gasteiger partial charge in [-0.1, -0.05) is 18.6 Å². The molecule has 7 nitrogen and oxygen atoms in total. The van der Waals surface area contributed by atoms with Crippen LogP contribution in [0, 0.1) is 18.3 Å². The van der Waals surface area contributed by atoms with Crippen LogP contribution in [0.25, 0.3) is 0 Å². The summed E-state index contributed by atoms with van der Waals surface area (Å²) in [6.45, 7) is 2.49. The number of aliphatic carboxylic acids is 1. The molecule has 2 heterocycles. The maximum absolute atomic E-state index is 13.3. The Balaban J connectivity index is 1.61. The summed E-state index contributed by atoms with van der Waals surface area (Å²) < 4.78 is 0. The largest absolute Gasteiger partial charge is 0.481 e.